The molecule has 0 spiro atoms. The maximum atomic E-state index is 6.01. The summed E-state index contributed by atoms with van der Waals surface area (Å²) in [6.45, 7) is 2.11. The molecule has 3 rings (SSSR count). The van der Waals surface area contributed by atoms with Gasteiger partial charge in [0.2, 0.25) is 0 Å². The summed E-state index contributed by atoms with van der Waals surface area (Å²) in [6.07, 6.45) is 1.84. The van der Waals surface area contributed by atoms with Gasteiger partial charge < -0.3 is 10.6 Å². The number of hydrogen-bond donors (Lipinski definition) is 1. The van der Waals surface area contributed by atoms with Crippen molar-refractivity contribution in [2.45, 2.75) is 19.8 Å². The van der Waals surface area contributed by atoms with Gasteiger partial charge in [0.05, 0.1) is 5.52 Å². The fraction of sp³-hybridized carbons (Fsp3) is 0.286. The summed E-state index contributed by atoms with van der Waals surface area (Å²) in [7, 11) is 1.64. The van der Waals surface area contributed by atoms with Crippen LogP contribution in [0.15, 0.2) is 24.3 Å². The molecule has 0 saturated carbocycles. The van der Waals surface area contributed by atoms with Gasteiger partial charge in [0, 0.05) is 11.8 Å². The van der Waals surface area contributed by atoms with Crippen molar-refractivity contribution in [1.82, 2.24) is 14.7 Å². The Labute approximate surface area is 111 Å². The van der Waals surface area contributed by atoms with Crippen LogP contribution in [0, 0.1) is 0 Å². The Morgan fingerprint density at radius 2 is 2.05 bits per heavy atom. The first kappa shape index (κ1) is 11.8. The van der Waals surface area contributed by atoms with Crippen LogP contribution in [0.1, 0.15) is 19.2 Å². The third-order valence-corrected chi connectivity index (χ3v) is 3.20. The lowest BCUT2D eigenvalue weighted by atomic mass is 10.2. The molecule has 2 aromatic heterocycles. The van der Waals surface area contributed by atoms with Crippen molar-refractivity contribution in [1.29, 1.82) is 0 Å². The van der Waals surface area contributed by atoms with Crippen molar-refractivity contribution >= 4 is 27.8 Å². The van der Waals surface area contributed by atoms with Crippen molar-refractivity contribution in [3.05, 3.63) is 30.1 Å². The van der Waals surface area contributed by atoms with Gasteiger partial charge in [-0.1, -0.05) is 25.1 Å². The molecule has 2 heterocycles. The van der Waals surface area contributed by atoms with E-state index >= 15 is 0 Å². The monoisotopic (exact) mass is 256 g/mol. The van der Waals surface area contributed by atoms with Crippen LogP contribution in [0.5, 0.6) is 0 Å². The highest BCUT2D eigenvalue weighted by Gasteiger charge is 2.16. The summed E-state index contributed by atoms with van der Waals surface area (Å²) >= 11 is 0. The fourth-order valence-electron chi connectivity index (χ4n) is 2.40. The molecule has 0 aliphatic heterocycles. The number of anilines is 1. The summed E-state index contributed by atoms with van der Waals surface area (Å²) < 4.78 is 1.76. The van der Waals surface area contributed by atoms with Gasteiger partial charge in [-0.3, -0.25) is 0 Å². The molecule has 0 atom stereocenters. The van der Waals surface area contributed by atoms with Gasteiger partial charge in [0.25, 0.3) is 0 Å². The second kappa shape index (κ2) is 4.42. The number of benzene rings is 1. The van der Waals surface area contributed by atoms with Gasteiger partial charge in [-0.25, -0.2) is 9.97 Å². The SMILES string of the molecule is CCCc1nc2c(N)nc3ccccc3c2n1OC. The normalized spacial score (nSPS) is 11.3. The zero-order valence-electron chi connectivity index (χ0n) is 11.1. The molecule has 0 fully saturated rings. The van der Waals surface area contributed by atoms with Crippen molar-refractivity contribution in [3.63, 3.8) is 0 Å². The predicted molar refractivity (Wildman–Crippen MR) is 75.9 cm³/mol. The summed E-state index contributed by atoms with van der Waals surface area (Å²) in [4.78, 5) is 14.5. The van der Waals surface area contributed by atoms with Crippen LogP contribution in [0.4, 0.5) is 5.82 Å². The smallest absolute Gasteiger partial charge is 0.152 e. The number of nitrogens with two attached hydrogens (primary N) is 1. The molecular weight excluding hydrogens is 240 g/mol. The number of nitrogens with zero attached hydrogens (tertiary/aromatic N) is 3. The van der Waals surface area contributed by atoms with E-state index in [1.807, 2.05) is 24.3 Å². The summed E-state index contributed by atoms with van der Waals surface area (Å²) in [5.74, 6) is 1.33. The minimum atomic E-state index is 0.446. The maximum absolute atomic E-state index is 6.01. The third kappa shape index (κ3) is 1.69. The highest BCUT2D eigenvalue weighted by molar-refractivity contribution is 6.06. The van der Waals surface area contributed by atoms with E-state index in [4.69, 9.17) is 10.6 Å². The summed E-state index contributed by atoms with van der Waals surface area (Å²) in [6, 6.07) is 7.88. The Bertz CT molecular complexity index is 748. The Kier molecular flexibility index (Phi) is 2.74. The van der Waals surface area contributed by atoms with Gasteiger partial charge in [-0.2, -0.15) is 4.73 Å². The molecule has 2 N–H and O–H groups in total. The van der Waals surface area contributed by atoms with Crippen molar-refractivity contribution in [3.8, 4) is 0 Å². The first-order chi connectivity index (χ1) is 9.26. The fourth-order valence-corrected chi connectivity index (χ4v) is 2.40. The zero-order chi connectivity index (χ0) is 13.4. The van der Waals surface area contributed by atoms with Crippen LogP contribution in [0.2, 0.25) is 0 Å². The minimum absolute atomic E-state index is 0.446. The van der Waals surface area contributed by atoms with Crippen LogP contribution >= 0.6 is 0 Å². The van der Waals surface area contributed by atoms with E-state index in [9.17, 15) is 0 Å². The highest BCUT2D eigenvalue weighted by Crippen LogP contribution is 2.28. The van der Waals surface area contributed by atoms with Gasteiger partial charge >= 0.3 is 0 Å². The zero-order valence-corrected chi connectivity index (χ0v) is 11.1. The van der Waals surface area contributed by atoms with E-state index in [1.165, 1.54) is 0 Å². The van der Waals surface area contributed by atoms with Crippen LogP contribution in [0.3, 0.4) is 0 Å². The highest BCUT2D eigenvalue weighted by atomic mass is 16.6. The molecule has 0 unspecified atom stereocenters. The first-order valence-electron chi connectivity index (χ1n) is 6.36. The molecule has 0 radical (unpaired) electrons. The average Bonchev–Trinajstić information content (AvgIpc) is 2.78. The number of imidazole rings is 1. The molecule has 5 nitrogen and oxygen atoms in total. The van der Waals surface area contributed by atoms with Gasteiger partial charge in [-0.15, -0.1) is 0 Å². The van der Waals surface area contributed by atoms with Gasteiger partial charge in [0.15, 0.2) is 5.82 Å². The number of aromatic nitrogens is 3. The number of nitrogen functional groups attached to an aromatic ring is 1. The Morgan fingerprint density at radius 3 is 2.79 bits per heavy atom. The van der Waals surface area contributed by atoms with Crippen molar-refractivity contribution < 1.29 is 4.84 Å². The van der Waals surface area contributed by atoms with E-state index in [-0.39, 0.29) is 0 Å². The number of aryl methyl sites for hydroxylation is 1. The van der Waals surface area contributed by atoms with E-state index < -0.39 is 0 Å². The Balaban J connectivity index is 2.47. The molecule has 0 aliphatic carbocycles. The van der Waals surface area contributed by atoms with Crippen LogP contribution in [-0.4, -0.2) is 21.8 Å². The Morgan fingerprint density at radius 1 is 1.26 bits per heavy atom. The molecule has 1 aromatic carbocycles. The second-order valence-electron chi connectivity index (χ2n) is 4.47. The molecule has 0 saturated heterocycles. The Hall–Kier alpha value is -2.30. The molecular formula is C14H16N4O. The third-order valence-electron chi connectivity index (χ3n) is 3.20. The van der Waals surface area contributed by atoms with E-state index in [1.54, 1.807) is 11.8 Å². The molecule has 19 heavy (non-hydrogen) atoms. The van der Waals surface area contributed by atoms with Crippen molar-refractivity contribution in [2.24, 2.45) is 0 Å². The molecule has 3 aromatic rings. The number of para-hydroxylation sites is 1. The molecule has 98 valence electrons. The van der Waals surface area contributed by atoms with Crippen LogP contribution in [0.25, 0.3) is 21.9 Å². The predicted octanol–water partition coefficient (Wildman–Crippen LogP) is 2.18. The number of fused-ring (bicyclic) bond motifs is 3. The number of pyridine rings is 1. The average molecular weight is 256 g/mol. The lowest BCUT2D eigenvalue weighted by molar-refractivity contribution is 0.169. The lowest BCUT2D eigenvalue weighted by Gasteiger charge is -2.07. The maximum Gasteiger partial charge on any atom is 0.152 e. The largest absolute Gasteiger partial charge is 0.415 e. The molecule has 0 amide bonds. The lowest BCUT2D eigenvalue weighted by Crippen LogP contribution is -2.10. The summed E-state index contributed by atoms with van der Waals surface area (Å²) in [5, 5.41) is 1.00. The topological polar surface area (TPSA) is 66.0 Å². The van der Waals surface area contributed by atoms with Crippen molar-refractivity contribution in [2.75, 3.05) is 12.8 Å². The molecule has 0 bridgehead atoms. The number of rotatable bonds is 3. The molecule has 5 heteroatoms. The van der Waals surface area contributed by atoms with E-state index in [0.29, 0.717) is 11.3 Å². The standard InChI is InChI=1S/C14H16N4O/c1-3-6-11-17-12-13(18(11)19-2)9-7-4-5-8-10(9)16-14(12)15/h4-5,7-8H,3,6H2,1-2H3,(H2,15,16). The van der Waals surface area contributed by atoms with Gasteiger partial charge in [-0.05, 0) is 12.5 Å². The first-order valence-corrected chi connectivity index (χ1v) is 6.36. The minimum Gasteiger partial charge on any atom is -0.415 e. The molecule has 0 aliphatic rings. The van der Waals surface area contributed by atoms with Gasteiger partial charge in [0.1, 0.15) is 24.0 Å². The van der Waals surface area contributed by atoms with Crippen LogP contribution < -0.4 is 10.6 Å². The number of hydrogen-bond acceptors (Lipinski definition) is 4. The van der Waals surface area contributed by atoms with E-state index in [2.05, 4.69) is 16.9 Å². The van der Waals surface area contributed by atoms with E-state index in [0.717, 1.165) is 35.1 Å². The second-order valence-corrected chi connectivity index (χ2v) is 4.47. The quantitative estimate of drug-likeness (QED) is 0.780. The summed E-state index contributed by atoms with van der Waals surface area (Å²) in [5.41, 5.74) is 8.48. The van der Waals surface area contributed by atoms with Crippen LogP contribution in [-0.2, 0) is 6.42 Å².